The smallest absolute Gasteiger partial charge is 0.173 e. The summed E-state index contributed by atoms with van der Waals surface area (Å²) in [4.78, 5) is 10.2. The van der Waals surface area contributed by atoms with E-state index in [1.807, 2.05) is 60.0 Å². The molecular formula is C20H16ClN3OS. The summed E-state index contributed by atoms with van der Waals surface area (Å²) >= 11 is 7.79. The van der Waals surface area contributed by atoms with Gasteiger partial charge in [0.1, 0.15) is 5.82 Å². The van der Waals surface area contributed by atoms with Gasteiger partial charge in [0.05, 0.1) is 21.5 Å². The molecule has 4 rings (SSSR count). The van der Waals surface area contributed by atoms with Crippen LogP contribution in [0.1, 0.15) is 18.6 Å². The normalized spacial score (nSPS) is 12.3. The molecule has 2 aromatic carbocycles. The van der Waals surface area contributed by atoms with E-state index in [0.717, 1.165) is 27.0 Å². The second-order valence-electron chi connectivity index (χ2n) is 5.94. The molecule has 26 heavy (non-hydrogen) atoms. The van der Waals surface area contributed by atoms with Crippen LogP contribution < -0.4 is 5.32 Å². The van der Waals surface area contributed by atoms with E-state index >= 15 is 0 Å². The van der Waals surface area contributed by atoms with Crippen LogP contribution in [0.2, 0.25) is 5.02 Å². The van der Waals surface area contributed by atoms with E-state index in [9.17, 15) is 5.11 Å². The number of benzene rings is 2. The summed E-state index contributed by atoms with van der Waals surface area (Å²) in [6, 6.07) is 17.4. The van der Waals surface area contributed by atoms with Gasteiger partial charge in [-0.25, -0.2) is 9.97 Å². The van der Waals surface area contributed by atoms with Gasteiger partial charge in [-0.1, -0.05) is 35.9 Å². The Morgan fingerprint density at radius 2 is 1.92 bits per heavy atom. The Morgan fingerprint density at radius 1 is 1.08 bits per heavy atom. The zero-order valence-electron chi connectivity index (χ0n) is 14.0. The zero-order valence-corrected chi connectivity index (χ0v) is 15.6. The molecule has 0 amide bonds. The van der Waals surface area contributed by atoms with Crippen LogP contribution in [0.4, 0.5) is 11.5 Å². The maximum atomic E-state index is 9.82. The van der Waals surface area contributed by atoms with Crippen LogP contribution in [-0.2, 0) is 0 Å². The summed E-state index contributed by atoms with van der Waals surface area (Å²) in [6.07, 6.45) is -0.528. The predicted molar refractivity (Wildman–Crippen MR) is 108 cm³/mol. The van der Waals surface area contributed by atoms with Gasteiger partial charge in [-0.15, -0.1) is 11.3 Å². The Bertz CT molecular complexity index is 1080. The molecule has 0 aliphatic heterocycles. The number of fused-ring (bicyclic) bond motifs is 1. The minimum absolute atomic E-state index is 0.528. The van der Waals surface area contributed by atoms with E-state index in [1.165, 1.54) is 11.3 Å². The Labute approximate surface area is 160 Å². The Kier molecular flexibility index (Phi) is 4.59. The van der Waals surface area contributed by atoms with Crippen molar-refractivity contribution in [1.82, 2.24) is 9.97 Å². The molecule has 0 saturated heterocycles. The van der Waals surface area contributed by atoms with Crippen molar-refractivity contribution < 1.29 is 5.11 Å². The first kappa shape index (κ1) is 17.0. The van der Waals surface area contributed by atoms with Crippen molar-refractivity contribution in [2.75, 3.05) is 5.32 Å². The molecule has 0 aliphatic rings. The monoisotopic (exact) mass is 381 g/mol. The van der Waals surface area contributed by atoms with Crippen LogP contribution >= 0.6 is 22.9 Å². The molecule has 6 heteroatoms. The van der Waals surface area contributed by atoms with Gasteiger partial charge in [0.25, 0.3) is 0 Å². The van der Waals surface area contributed by atoms with Crippen molar-refractivity contribution in [1.29, 1.82) is 0 Å². The SMILES string of the molecule is CC(O)c1cccc(Nc2nc(-c3sccc3Cl)nc3ccccc23)c1. The fraction of sp³-hybridized carbons (Fsp3) is 0.100. The van der Waals surface area contributed by atoms with Crippen molar-refractivity contribution in [2.24, 2.45) is 0 Å². The predicted octanol–water partition coefficient (Wildman–Crippen LogP) is 5.81. The number of aliphatic hydroxyl groups excluding tert-OH is 1. The Balaban J connectivity index is 1.83. The standard InChI is InChI=1S/C20H16ClN3OS/c1-12(25)13-5-4-6-14(11-13)22-19-15-7-2-3-8-17(15)23-20(24-19)18-16(21)9-10-26-18/h2-12,25H,1H3,(H,22,23,24). The maximum absolute atomic E-state index is 9.82. The summed E-state index contributed by atoms with van der Waals surface area (Å²) in [5, 5.41) is 16.7. The van der Waals surface area contributed by atoms with E-state index in [4.69, 9.17) is 16.6 Å². The molecule has 1 unspecified atom stereocenters. The number of anilines is 2. The highest BCUT2D eigenvalue weighted by molar-refractivity contribution is 7.14. The van der Waals surface area contributed by atoms with Crippen LogP contribution in [0.15, 0.2) is 60.0 Å². The third-order valence-electron chi connectivity index (χ3n) is 4.06. The minimum Gasteiger partial charge on any atom is -0.389 e. The maximum Gasteiger partial charge on any atom is 0.173 e. The summed E-state index contributed by atoms with van der Waals surface area (Å²) in [7, 11) is 0. The molecule has 0 bridgehead atoms. The number of aliphatic hydroxyl groups is 1. The second kappa shape index (κ2) is 7.03. The van der Waals surface area contributed by atoms with Gasteiger partial charge in [-0.3, -0.25) is 0 Å². The number of hydrogen-bond acceptors (Lipinski definition) is 5. The summed E-state index contributed by atoms with van der Waals surface area (Å²) in [6.45, 7) is 1.75. The second-order valence-corrected chi connectivity index (χ2v) is 7.26. The lowest BCUT2D eigenvalue weighted by Gasteiger charge is -2.12. The molecule has 1 atom stereocenters. The Morgan fingerprint density at radius 3 is 2.69 bits per heavy atom. The van der Waals surface area contributed by atoms with E-state index in [2.05, 4.69) is 10.3 Å². The lowest BCUT2D eigenvalue weighted by molar-refractivity contribution is 0.199. The molecule has 2 N–H and O–H groups in total. The van der Waals surface area contributed by atoms with Crippen molar-refractivity contribution >= 4 is 45.3 Å². The zero-order chi connectivity index (χ0) is 18.1. The van der Waals surface area contributed by atoms with E-state index < -0.39 is 6.10 Å². The molecule has 0 fully saturated rings. The Hall–Kier alpha value is -2.47. The summed E-state index contributed by atoms with van der Waals surface area (Å²) in [5.41, 5.74) is 2.54. The van der Waals surface area contributed by atoms with Crippen molar-refractivity contribution in [3.05, 3.63) is 70.6 Å². The highest BCUT2D eigenvalue weighted by Gasteiger charge is 2.13. The summed E-state index contributed by atoms with van der Waals surface area (Å²) < 4.78 is 0. The number of para-hydroxylation sites is 1. The number of thiophene rings is 1. The van der Waals surface area contributed by atoms with Crippen molar-refractivity contribution in [3.8, 4) is 10.7 Å². The average molecular weight is 382 g/mol. The van der Waals surface area contributed by atoms with Gasteiger partial charge in [0, 0.05) is 11.1 Å². The van der Waals surface area contributed by atoms with Crippen molar-refractivity contribution in [2.45, 2.75) is 13.0 Å². The topological polar surface area (TPSA) is 58.0 Å². The van der Waals surface area contributed by atoms with Gasteiger partial charge in [-0.05, 0) is 48.2 Å². The van der Waals surface area contributed by atoms with Crippen LogP contribution in [0, 0.1) is 0 Å². The van der Waals surface area contributed by atoms with E-state index in [1.54, 1.807) is 6.92 Å². The van der Waals surface area contributed by atoms with Gasteiger partial charge >= 0.3 is 0 Å². The molecule has 2 aromatic heterocycles. The lowest BCUT2D eigenvalue weighted by Crippen LogP contribution is -2.00. The fourth-order valence-electron chi connectivity index (χ4n) is 2.74. The van der Waals surface area contributed by atoms with Crippen molar-refractivity contribution in [3.63, 3.8) is 0 Å². The number of aromatic nitrogens is 2. The third kappa shape index (κ3) is 3.29. The molecule has 4 nitrogen and oxygen atoms in total. The minimum atomic E-state index is -0.528. The van der Waals surface area contributed by atoms with Gasteiger partial charge < -0.3 is 10.4 Å². The highest BCUT2D eigenvalue weighted by atomic mass is 35.5. The molecule has 0 saturated carbocycles. The van der Waals surface area contributed by atoms with E-state index in [-0.39, 0.29) is 0 Å². The van der Waals surface area contributed by atoms with Crippen LogP contribution in [0.25, 0.3) is 21.6 Å². The largest absolute Gasteiger partial charge is 0.389 e. The number of halogens is 1. The quantitative estimate of drug-likeness (QED) is 0.468. The molecular weight excluding hydrogens is 366 g/mol. The van der Waals surface area contributed by atoms with Crippen LogP contribution in [-0.4, -0.2) is 15.1 Å². The molecule has 0 spiro atoms. The molecule has 4 aromatic rings. The van der Waals surface area contributed by atoms with Gasteiger partial charge in [0.15, 0.2) is 5.82 Å². The summed E-state index contributed by atoms with van der Waals surface area (Å²) in [5.74, 6) is 1.30. The first-order valence-corrected chi connectivity index (χ1v) is 9.43. The van der Waals surface area contributed by atoms with Crippen LogP contribution in [0.5, 0.6) is 0 Å². The molecule has 0 aliphatic carbocycles. The number of hydrogen-bond donors (Lipinski definition) is 2. The third-order valence-corrected chi connectivity index (χ3v) is 5.39. The fourth-order valence-corrected chi connectivity index (χ4v) is 3.81. The van der Waals surface area contributed by atoms with Gasteiger partial charge in [-0.2, -0.15) is 0 Å². The number of rotatable bonds is 4. The highest BCUT2D eigenvalue weighted by Crippen LogP contribution is 2.34. The average Bonchev–Trinajstić information content (AvgIpc) is 3.08. The van der Waals surface area contributed by atoms with Gasteiger partial charge in [0.2, 0.25) is 0 Å². The first-order valence-electron chi connectivity index (χ1n) is 8.17. The number of nitrogens with one attached hydrogen (secondary N) is 1. The van der Waals surface area contributed by atoms with Crippen LogP contribution in [0.3, 0.4) is 0 Å². The first-order chi connectivity index (χ1) is 12.6. The van der Waals surface area contributed by atoms with E-state index in [0.29, 0.717) is 16.7 Å². The number of nitrogens with zero attached hydrogens (tertiary/aromatic N) is 2. The molecule has 130 valence electrons. The molecule has 2 heterocycles. The molecule has 0 radical (unpaired) electrons. The lowest BCUT2D eigenvalue weighted by atomic mass is 10.1.